The van der Waals surface area contributed by atoms with Crippen LogP contribution in [0.3, 0.4) is 0 Å². The summed E-state index contributed by atoms with van der Waals surface area (Å²) in [5.41, 5.74) is 1.87. The minimum Gasteiger partial charge on any atom is -0.350 e. The summed E-state index contributed by atoms with van der Waals surface area (Å²) in [5, 5.41) is 2.06. The van der Waals surface area contributed by atoms with Crippen molar-refractivity contribution in [3.05, 3.63) is 59.9 Å². The van der Waals surface area contributed by atoms with E-state index in [0.717, 1.165) is 11.1 Å². The lowest BCUT2D eigenvalue weighted by atomic mass is 9.87. The molecule has 2 aromatic rings. The summed E-state index contributed by atoms with van der Waals surface area (Å²) < 4.78 is 27.5. The van der Waals surface area contributed by atoms with Crippen molar-refractivity contribution in [3.63, 3.8) is 0 Å². The molecule has 1 saturated heterocycles. The average molecular weight is 420 g/mol. The Kier molecular flexibility index (Phi) is 6.12. The maximum absolute atomic E-state index is 13.1. The van der Waals surface area contributed by atoms with Crippen molar-refractivity contribution >= 4 is 27.7 Å². The third kappa shape index (κ3) is 4.56. The van der Waals surface area contributed by atoms with Gasteiger partial charge in [-0.25, -0.2) is 8.42 Å². The van der Waals surface area contributed by atoms with Crippen LogP contribution in [0.2, 0.25) is 0 Å². The fourth-order valence-electron chi connectivity index (χ4n) is 2.95. The highest BCUT2D eigenvalue weighted by molar-refractivity contribution is 8.02. The second kappa shape index (κ2) is 8.23. The van der Waals surface area contributed by atoms with Gasteiger partial charge in [0.15, 0.2) is 0 Å². The molecule has 2 heterocycles. The molecule has 0 spiro atoms. The zero-order chi connectivity index (χ0) is 20.4. The van der Waals surface area contributed by atoms with Gasteiger partial charge in [0.25, 0.3) is 0 Å². The van der Waals surface area contributed by atoms with Crippen LogP contribution in [0.15, 0.2) is 53.7 Å². The van der Waals surface area contributed by atoms with E-state index in [9.17, 15) is 13.2 Å². The van der Waals surface area contributed by atoms with Gasteiger partial charge in [-0.2, -0.15) is 4.31 Å². The fraction of sp³-hybridized carbons (Fsp3) is 0.400. The number of benzene rings is 1. The molecular weight excluding hydrogens is 394 g/mol. The SMILES string of the molecule is CC(C)(C)c1ccc(S(=O)(=O)N2CCSC2C(=O)NCc2cccnc2)cc1. The van der Waals surface area contributed by atoms with Crippen LogP contribution in [0, 0.1) is 0 Å². The second-order valence-electron chi connectivity index (χ2n) is 7.69. The number of hydrogen-bond acceptors (Lipinski definition) is 5. The van der Waals surface area contributed by atoms with Gasteiger partial charge in [-0.15, -0.1) is 11.8 Å². The van der Waals surface area contributed by atoms with E-state index in [4.69, 9.17) is 0 Å². The molecule has 28 heavy (non-hydrogen) atoms. The largest absolute Gasteiger partial charge is 0.350 e. The molecule has 0 aliphatic carbocycles. The molecule has 1 aliphatic rings. The van der Waals surface area contributed by atoms with E-state index in [1.54, 1.807) is 30.6 Å². The number of sulfonamides is 1. The molecule has 0 radical (unpaired) electrons. The fourth-order valence-corrected chi connectivity index (χ4v) is 6.05. The van der Waals surface area contributed by atoms with E-state index in [1.165, 1.54) is 16.1 Å². The number of hydrogen-bond donors (Lipinski definition) is 1. The lowest BCUT2D eigenvalue weighted by Gasteiger charge is -2.23. The minimum atomic E-state index is -3.74. The molecule has 8 heteroatoms. The third-order valence-corrected chi connectivity index (χ3v) is 7.80. The van der Waals surface area contributed by atoms with Crippen molar-refractivity contribution in [3.8, 4) is 0 Å². The van der Waals surface area contributed by atoms with Crippen molar-refractivity contribution in [2.45, 2.75) is 43.0 Å². The Hall–Kier alpha value is -1.90. The molecule has 1 fully saturated rings. The Morgan fingerprint density at radius 1 is 1.25 bits per heavy atom. The Morgan fingerprint density at radius 2 is 1.96 bits per heavy atom. The molecule has 1 amide bonds. The summed E-state index contributed by atoms with van der Waals surface area (Å²) in [6.45, 7) is 6.87. The third-order valence-electron chi connectivity index (χ3n) is 4.59. The van der Waals surface area contributed by atoms with E-state index < -0.39 is 15.4 Å². The van der Waals surface area contributed by atoms with E-state index in [-0.39, 0.29) is 16.2 Å². The summed E-state index contributed by atoms with van der Waals surface area (Å²) in [6.07, 6.45) is 3.34. The average Bonchev–Trinajstić information content (AvgIpc) is 3.17. The first-order chi connectivity index (χ1) is 13.2. The normalized spacial score (nSPS) is 18.2. The lowest BCUT2D eigenvalue weighted by molar-refractivity contribution is -0.122. The molecule has 1 aliphatic heterocycles. The van der Waals surface area contributed by atoms with Gasteiger partial charge in [0.2, 0.25) is 15.9 Å². The van der Waals surface area contributed by atoms with Crippen LogP contribution in [0.1, 0.15) is 31.9 Å². The molecule has 1 unspecified atom stereocenters. The first-order valence-corrected chi connectivity index (χ1v) is 11.6. The Labute approximate surface area is 170 Å². The summed E-state index contributed by atoms with van der Waals surface area (Å²) in [6, 6.07) is 10.6. The highest BCUT2D eigenvalue weighted by Gasteiger charge is 2.40. The Balaban J connectivity index is 1.74. The number of pyridine rings is 1. The van der Waals surface area contributed by atoms with Gasteiger partial charge < -0.3 is 5.32 Å². The van der Waals surface area contributed by atoms with E-state index in [0.29, 0.717) is 18.8 Å². The summed E-state index contributed by atoms with van der Waals surface area (Å²) in [4.78, 5) is 16.9. The second-order valence-corrected chi connectivity index (χ2v) is 10.8. The van der Waals surface area contributed by atoms with Crippen LogP contribution in [-0.2, 0) is 26.8 Å². The highest BCUT2D eigenvalue weighted by Crippen LogP contribution is 2.31. The van der Waals surface area contributed by atoms with Crippen LogP contribution >= 0.6 is 11.8 Å². The first kappa shape index (κ1) is 20.8. The molecule has 150 valence electrons. The van der Waals surface area contributed by atoms with E-state index in [1.807, 2.05) is 18.2 Å². The van der Waals surface area contributed by atoms with Gasteiger partial charge in [0.05, 0.1) is 4.90 Å². The van der Waals surface area contributed by atoms with Crippen LogP contribution in [0.5, 0.6) is 0 Å². The Morgan fingerprint density at radius 3 is 2.57 bits per heavy atom. The smallest absolute Gasteiger partial charge is 0.249 e. The van der Waals surface area contributed by atoms with Gasteiger partial charge in [-0.1, -0.05) is 39.0 Å². The van der Waals surface area contributed by atoms with Crippen LogP contribution in [-0.4, -0.2) is 41.3 Å². The standard InChI is InChI=1S/C20H25N3O3S2/c1-20(2,3)16-6-8-17(9-7-16)28(25,26)23-11-12-27-19(23)18(24)22-14-15-5-4-10-21-13-15/h4-10,13,19H,11-12,14H2,1-3H3,(H,22,24). The van der Waals surface area contributed by atoms with Gasteiger partial charge in [0, 0.05) is 31.2 Å². The zero-order valence-electron chi connectivity index (χ0n) is 16.3. The van der Waals surface area contributed by atoms with Crippen molar-refractivity contribution in [2.75, 3.05) is 12.3 Å². The highest BCUT2D eigenvalue weighted by atomic mass is 32.2. The molecule has 1 atom stereocenters. The summed E-state index contributed by atoms with van der Waals surface area (Å²) in [5.74, 6) is 0.283. The molecule has 0 bridgehead atoms. The number of carbonyl (C=O) groups is 1. The van der Waals surface area contributed by atoms with Gasteiger partial charge in [-0.05, 0) is 34.7 Å². The lowest BCUT2D eigenvalue weighted by Crippen LogP contribution is -2.44. The van der Waals surface area contributed by atoms with E-state index in [2.05, 4.69) is 31.1 Å². The van der Waals surface area contributed by atoms with Crippen LogP contribution in [0.4, 0.5) is 0 Å². The number of carbonyl (C=O) groups excluding carboxylic acids is 1. The molecule has 1 aromatic carbocycles. The first-order valence-electron chi connectivity index (χ1n) is 9.10. The van der Waals surface area contributed by atoms with Gasteiger partial charge in [-0.3, -0.25) is 9.78 Å². The van der Waals surface area contributed by atoms with Gasteiger partial charge >= 0.3 is 0 Å². The van der Waals surface area contributed by atoms with Crippen molar-refractivity contribution < 1.29 is 13.2 Å². The van der Waals surface area contributed by atoms with Crippen molar-refractivity contribution in [1.82, 2.24) is 14.6 Å². The summed E-state index contributed by atoms with van der Waals surface area (Å²) in [7, 11) is -3.74. The number of nitrogens with zero attached hydrogens (tertiary/aromatic N) is 2. The van der Waals surface area contributed by atoms with Crippen LogP contribution in [0.25, 0.3) is 0 Å². The maximum atomic E-state index is 13.1. The summed E-state index contributed by atoms with van der Waals surface area (Å²) >= 11 is 1.34. The number of nitrogens with one attached hydrogen (secondary N) is 1. The predicted molar refractivity (Wildman–Crippen MR) is 111 cm³/mol. The number of amides is 1. The molecule has 1 aromatic heterocycles. The van der Waals surface area contributed by atoms with Crippen LogP contribution < -0.4 is 5.32 Å². The number of thioether (sulfide) groups is 1. The molecule has 6 nitrogen and oxygen atoms in total. The molecular formula is C20H25N3O3S2. The topological polar surface area (TPSA) is 79.4 Å². The van der Waals surface area contributed by atoms with Crippen molar-refractivity contribution in [2.24, 2.45) is 0 Å². The van der Waals surface area contributed by atoms with Crippen molar-refractivity contribution in [1.29, 1.82) is 0 Å². The molecule has 0 saturated carbocycles. The molecule has 3 rings (SSSR count). The zero-order valence-corrected chi connectivity index (χ0v) is 17.9. The monoisotopic (exact) mass is 419 g/mol. The number of aromatic nitrogens is 1. The number of rotatable bonds is 5. The van der Waals surface area contributed by atoms with Gasteiger partial charge in [0.1, 0.15) is 5.37 Å². The molecule has 1 N–H and O–H groups in total. The Bertz CT molecular complexity index is 923. The minimum absolute atomic E-state index is 0.0551. The van der Waals surface area contributed by atoms with E-state index >= 15 is 0 Å². The quantitative estimate of drug-likeness (QED) is 0.806. The predicted octanol–water partition coefficient (Wildman–Crippen LogP) is 2.76. The maximum Gasteiger partial charge on any atom is 0.249 e.